The van der Waals surface area contributed by atoms with Crippen LogP contribution in [0.25, 0.3) is 0 Å². The predicted octanol–water partition coefficient (Wildman–Crippen LogP) is 5.71. The molecule has 1 aliphatic heterocycles. The van der Waals surface area contributed by atoms with Crippen LogP contribution in [0.15, 0.2) is 60.8 Å². The average Bonchev–Trinajstić information content (AvgIpc) is 3.15. The summed E-state index contributed by atoms with van der Waals surface area (Å²) >= 11 is 6.42. The van der Waals surface area contributed by atoms with Crippen LogP contribution in [0.5, 0.6) is 0 Å². The van der Waals surface area contributed by atoms with Crippen LogP contribution in [0.2, 0.25) is 5.02 Å². The minimum atomic E-state index is -4.51. The molecule has 0 fully saturated rings. The molecular weight excluding hydrogens is 401 g/mol. The first-order valence-electron chi connectivity index (χ1n) is 9.15. The Bertz CT molecular complexity index is 1070. The van der Waals surface area contributed by atoms with Gasteiger partial charge in [0.15, 0.2) is 0 Å². The number of benzene rings is 2. The van der Waals surface area contributed by atoms with Crippen molar-refractivity contribution in [2.24, 2.45) is 0 Å². The van der Waals surface area contributed by atoms with Gasteiger partial charge in [0.2, 0.25) is 0 Å². The van der Waals surface area contributed by atoms with Gasteiger partial charge in [-0.15, -0.1) is 0 Å². The highest BCUT2D eigenvalue weighted by Crippen LogP contribution is 2.38. The summed E-state index contributed by atoms with van der Waals surface area (Å²) in [7, 11) is 0. The van der Waals surface area contributed by atoms with Gasteiger partial charge in [0.1, 0.15) is 0 Å². The SMILES string of the molecule is Cc1ccc(C(=O)N2CCn3cccc3[C@@H]2c2ccccc2Cl)cc1C(F)(F)F. The van der Waals surface area contributed by atoms with Crippen LogP contribution in [0.3, 0.4) is 0 Å². The molecule has 0 spiro atoms. The number of aryl methyl sites for hydroxylation is 1. The maximum absolute atomic E-state index is 13.3. The zero-order valence-electron chi connectivity index (χ0n) is 15.6. The van der Waals surface area contributed by atoms with Crippen LogP contribution in [-0.4, -0.2) is 21.9 Å². The van der Waals surface area contributed by atoms with Crippen molar-refractivity contribution in [3.05, 3.63) is 93.8 Å². The number of alkyl halides is 3. The van der Waals surface area contributed by atoms with Crippen molar-refractivity contribution >= 4 is 17.5 Å². The number of halogens is 4. The third kappa shape index (κ3) is 3.53. The lowest BCUT2D eigenvalue weighted by atomic mass is 9.97. The van der Waals surface area contributed by atoms with Gasteiger partial charge in [-0.2, -0.15) is 13.2 Å². The summed E-state index contributed by atoms with van der Waals surface area (Å²) in [6.07, 6.45) is -2.59. The number of carbonyl (C=O) groups excluding carboxylic acids is 1. The summed E-state index contributed by atoms with van der Waals surface area (Å²) < 4.78 is 42.1. The van der Waals surface area contributed by atoms with E-state index in [1.54, 1.807) is 17.0 Å². The van der Waals surface area contributed by atoms with Crippen molar-refractivity contribution in [3.8, 4) is 0 Å². The minimum absolute atomic E-state index is 0.0139. The number of nitrogens with zero attached hydrogens (tertiary/aromatic N) is 2. The lowest BCUT2D eigenvalue weighted by molar-refractivity contribution is -0.138. The quantitative estimate of drug-likeness (QED) is 0.523. The van der Waals surface area contributed by atoms with Crippen LogP contribution < -0.4 is 0 Å². The van der Waals surface area contributed by atoms with E-state index in [1.807, 2.05) is 35.0 Å². The molecule has 0 aliphatic carbocycles. The molecule has 3 nitrogen and oxygen atoms in total. The first kappa shape index (κ1) is 19.6. The van der Waals surface area contributed by atoms with E-state index in [9.17, 15) is 18.0 Å². The molecule has 2 aromatic carbocycles. The van der Waals surface area contributed by atoms with Crippen LogP contribution in [0.1, 0.15) is 38.8 Å². The molecule has 3 aromatic rings. The van der Waals surface area contributed by atoms with E-state index in [4.69, 9.17) is 11.6 Å². The molecule has 1 aromatic heterocycles. The second-order valence-electron chi connectivity index (χ2n) is 7.08. The fraction of sp³-hybridized carbons (Fsp3) is 0.227. The third-order valence-electron chi connectivity index (χ3n) is 5.29. The maximum atomic E-state index is 13.3. The summed E-state index contributed by atoms with van der Waals surface area (Å²) in [5.74, 6) is -0.451. The van der Waals surface area contributed by atoms with Crippen LogP contribution in [0, 0.1) is 6.92 Å². The fourth-order valence-electron chi connectivity index (χ4n) is 3.85. The smallest absolute Gasteiger partial charge is 0.348 e. The lowest BCUT2D eigenvalue weighted by Crippen LogP contribution is -2.42. The number of fused-ring (bicyclic) bond motifs is 1. The number of carbonyl (C=O) groups is 1. The largest absolute Gasteiger partial charge is 0.416 e. The van der Waals surface area contributed by atoms with Gasteiger partial charge in [-0.3, -0.25) is 4.79 Å². The average molecular weight is 419 g/mol. The zero-order valence-corrected chi connectivity index (χ0v) is 16.3. The molecule has 0 saturated carbocycles. The van der Waals surface area contributed by atoms with Crippen LogP contribution >= 0.6 is 11.6 Å². The van der Waals surface area contributed by atoms with Gasteiger partial charge in [-0.1, -0.05) is 35.9 Å². The highest BCUT2D eigenvalue weighted by molar-refractivity contribution is 6.31. The Hall–Kier alpha value is -2.73. The highest BCUT2D eigenvalue weighted by Gasteiger charge is 2.36. The van der Waals surface area contributed by atoms with Gasteiger partial charge in [-0.25, -0.2) is 0 Å². The van der Waals surface area contributed by atoms with E-state index in [2.05, 4.69) is 0 Å². The van der Waals surface area contributed by atoms with E-state index in [0.29, 0.717) is 18.1 Å². The van der Waals surface area contributed by atoms with Crippen molar-refractivity contribution in [2.75, 3.05) is 6.54 Å². The molecule has 0 saturated heterocycles. The number of hydrogen-bond acceptors (Lipinski definition) is 1. The van der Waals surface area contributed by atoms with Gasteiger partial charge >= 0.3 is 6.18 Å². The van der Waals surface area contributed by atoms with Crippen molar-refractivity contribution in [3.63, 3.8) is 0 Å². The molecule has 0 radical (unpaired) electrons. The topological polar surface area (TPSA) is 25.2 Å². The molecule has 0 bridgehead atoms. The predicted molar refractivity (Wildman–Crippen MR) is 105 cm³/mol. The molecule has 2 heterocycles. The van der Waals surface area contributed by atoms with Crippen molar-refractivity contribution in [1.29, 1.82) is 0 Å². The molecule has 4 rings (SSSR count). The molecule has 0 N–H and O–H groups in total. The summed E-state index contributed by atoms with van der Waals surface area (Å²) in [5.41, 5.74) is 0.924. The summed E-state index contributed by atoms with van der Waals surface area (Å²) in [5, 5.41) is 0.504. The zero-order chi connectivity index (χ0) is 20.8. The molecule has 1 aliphatic rings. The Labute approximate surface area is 171 Å². The van der Waals surface area contributed by atoms with Gasteiger partial charge in [0.25, 0.3) is 5.91 Å². The molecule has 1 atom stereocenters. The molecule has 150 valence electrons. The maximum Gasteiger partial charge on any atom is 0.416 e. The van der Waals surface area contributed by atoms with E-state index in [0.717, 1.165) is 17.3 Å². The Morgan fingerprint density at radius 1 is 1.07 bits per heavy atom. The summed E-state index contributed by atoms with van der Waals surface area (Å²) in [6, 6.07) is 14.3. The van der Waals surface area contributed by atoms with Gasteiger partial charge in [0, 0.05) is 35.6 Å². The summed E-state index contributed by atoms with van der Waals surface area (Å²) in [4.78, 5) is 14.9. The third-order valence-corrected chi connectivity index (χ3v) is 5.63. The monoisotopic (exact) mass is 418 g/mol. The van der Waals surface area contributed by atoms with Gasteiger partial charge in [-0.05, 0) is 48.4 Å². The highest BCUT2D eigenvalue weighted by atomic mass is 35.5. The number of rotatable bonds is 2. The first-order chi connectivity index (χ1) is 13.8. The normalized spacial score (nSPS) is 16.6. The van der Waals surface area contributed by atoms with Gasteiger partial charge < -0.3 is 9.47 Å². The second-order valence-corrected chi connectivity index (χ2v) is 7.48. The number of aromatic nitrogens is 1. The molecule has 0 unspecified atom stereocenters. The van der Waals surface area contributed by atoms with E-state index >= 15 is 0 Å². The van der Waals surface area contributed by atoms with Gasteiger partial charge in [0.05, 0.1) is 11.6 Å². The Balaban J connectivity index is 1.79. The van der Waals surface area contributed by atoms with E-state index < -0.39 is 23.7 Å². The van der Waals surface area contributed by atoms with Crippen molar-refractivity contribution in [2.45, 2.75) is 25.7 Å². The van der Waals surface area contributed by atoms with E-state index in [-0.39, 0.29) is 11.1 Å². The molecule has 29 heavy (non-hydrogen) atoms. The standard InChI is InChI=1S/C22H18ClF3N2O/c1-14-8-9-15(13-17(14)22(24,25)26)21(29)28-12-11-27-10-4-7-19(27)20(28)16-5-2-3-6-18(16)23/h2-10,13,20H,11-12H2,1H3/t20-/m0/s1. The Kier molecular flexibility index (Phi) is 4.90. The Morgan fingerprint density at radius 2 is 1.83 bits per heavy atom. The van der Waals surface area contributed by atoms with Crippen LogP contribution in [0.4, 0.5) is 13.2 Å². The molecular formula is C22H18ClF3N2O. The number of hydrogen-bond donors (Lipinski definition) is 0. The van der Waals surface area contributed by atoms with Crippen LogP contribution in [-0.2, 0) is 12.7 Å². The van der Waals surface area contributed by atoms with Crippen molar-refractivity contribution in [1.82, 2.24) is 9.47 Å². The minimum Gasteiger partial charge on any atom is -0.348 e. The lowest BCUT2D eigenvalue weighted by Gasteiger charge is -2.38. The Morgan fingerprint density at radius 3 is 2.55 bits per heavy atom. The first-order valence-corrected chi connectivity index (χ1v) is 9.53. The second kappa shape index (κ2) is 7.26. The van der Waals surface area contributed by atoms with Crippen molar-refractivity contribution < 1.29 is 18.0 Å². The fourth-order valence-corrected chi connectivity index (χ4v) is 4.09. The molecule has 1 amide bonds. The molecule has 7 heteroatoms. The summed E-state index contributed by atoms with van der Waals surface area (Å²) in [6.45, 7) is 2.32. The van der Waals surface area contributed by atoms with E-state index in [1.165, 1.54) is 19.1 Å². The number of amides is 1.